The molecule has 1 saturated heterocycles. The Bertz CT molecular complexity index is 948. The molecule has 4 rings (SSSR count). The molecule has 1 aromatic carbocycles. The Labute approximate surface area is 154 Å². The van der Waals surface area contributed by atoms with Crippen molar-refractivity contribution in [3.05, 3.63) is 58.1 Å². The Morgan fingerprint density at radius 3 is 2.81 bits per heavy atom. The van der Waals surface area contributed by atoms with Crippen LogP contribution in [0, 0.1) is 0 Å². The van der Waals surface area contributed by atoms with Crippen molar-refractivity contribution in [3.63, 3.8) is 0 Å². The highest BCUT2D eigenvalue weighted by Crippen LogP contribution is 2.33. The zero-order valence-corrected chi connectivity index (χ0v) is 15.0. The van der Waals surface area contributed by atoms with Gasteiger partial charge in [-0.2, -0.15) is 4.98 Å². The fraction of sp³-hybridized carbons (Fsp3) is 0.263. The minimum Gasteiger partial charge on any atom is -0.337 e. The standard InChI is InChI=1S/C19H17N3O3S/c1-12(23)16-10-14(11-26-16)19(24)22-9-5-8-15(22)18-20-17(21-25-18)13-6-3-2-4-7-13/h2-4,6-7,10-11,15H,5,8-9H2,1H3/t15-/m0/s1. The lowest BCUT2D eigenvalue weighted by molar-refractivity contribution is 0.0710. The van der Waals surface area contributed by atoms with E-state index in [1.165, 1.54) is 18.3 Å². The van der Waals surface area contributed by atoms with E-state index < -0.39 is 0 Å². The van der Waals surface area contributed by atoms with Crippen molar-refractivity contribution >= 4 is 23.0 Å². The SMILES string of the molecule is CC(=O)c1cc(C(=O)N2CCC[C@H]2c2nc(-c3ccccc3)no2)cs1. The highest BCUT2D eigenvalue weighted by molar-refractivity contribution is 7.12. The quantitative estimate of drug-likeness (QED) is 0.652. The Kier molecular flexibility index (Phi) is 4.38. The molecule has 0 radical (unpaired) electrons. The second-order valence-corrected chi connectivity index (χ2v) is 7.15. The number of aromatic nitrogens is 2. The summed E-state index contributed by atoms with van der Waals surface area (Å²) < 4.78 is 5.46. The van der Waals surface area contributed by atoms with E-state index in [-0.39, 0.29) is 17.7 Å². The number of Topliss-reactive ketones (excluding diaryl/α,β-unsaturated/α-hetero) is 1. The maximum atomic E-state index is 12.9. The molecule has 0 spiro atoms. The Morgan fingerprint density at radius 1 is 1.27 bits per heavy atom. The van der Waals surface area contributed by atoms with Crippen molar-refractivity contribution < 1.29 is 14.1 Å². The Hall–Kier alpha value is -2.80. The van der Waals surface area contributed by atoms with E-state index in [1.54, 1.807) is 16.3 Å². The third-order valence-electron chi connectivity index (χ3n) is 4.47. The average molecular weight is 367 g/mol. The normalized spacial score (nSPS) is 16.8. The van der Waals surface area contributed by atoms with Gasteiger partial charge in [0.05, 0.1) is 10.4 Å². The van der Waals surface area contributed by atoms with Gasteiger partial charge in [-0.05, 0) is 25.8 Å². The van der Waals surface area contributed by atoms with Gasteiger partial charge in [-0.15, -0.1) is 11.3 Å². The smallest absolute Gasteiger partial charge is 0.255 e. The van der Waals surface area contributed by atoms with Crippen LogP contribution in [0.15, 0.2) is 46.3 Å². The monoisotopic (exact) mass is 367 g/mol. The van der Waals surface area contributed by atoms with Crippen LogP contribution in [0.3, 0.4) is 0 Å². The van der Waals surface area contributed by atoms with Gasteiger partial charge in [-0.1, -0.05) is 35.5 Å². The van der Waals surface area contributed by atoms with Crippen molar-refractivity contribution in [3.8, 4) is 11.4 Å². The molecule has 3 heterocycles. The van der Waals surface area contributed by atoms with Crippen molar-refractivity contribution in [1.29, 1.82) is 0 Å². The Morgan fingerprint density at radius 2 is 2.08 bits per heavy atom. The van der Waals surface area contributed by atoms with E-state index in [4.69, 9.17) is 4.52 Å². The minimum absolute atomic E-state index is 0.0311. The van der Waals surface area contributed by atoms with E-state index in [2.05, 4.69) is 10.1 Å². The third-order valence-corrected chi connectivity index (χ3v) is 5.50. The van der Waals surface area contributed by atoms with E-state index in [0.29, 0.717) is 28.7 Å². The molecular weight excluding hydrogens is 350 g/mol. The fourth-order valence-electron chi connectivity index (χ4n) is 3.14. The van der Waals surface area contributed by atoms with Gasteiger partial charge in [0.15, 0.2) is 5.78 Å². The summed E-state index contributed by atoms with van der Waals surface area (Å²) in [6.07, 6.45) is 1.66. The van der Waals surface area contributed by atoms with Crippen LogP contribution in [0.25, 0.3) is 11.4 Å². The zero-order valence-electron chi connectivity index (χ0n) is 14.2. The molecule has 1 fully saturated rings. The third kappa shape index (κ3) is 3.06. The van der Waals surface area contributed by atoms with Gasteiger partial charge >= 0.3 is 0 Å². The van der Waals surface area contributed by atoms with Crippen molar-refractivity contribution in [2.24, 2.45) is 0 Å². The van der Waals surface area contributed by atoms with Crippen LogP contribution in [-0.4, -0.2) is 33.3 Å². The highest BCUT2D eigenvalue weighted by Gasteiger charge is 2.35. The molecule has 3 aromatic rings. The predicted octanol–water partition coefficient (Wildman–Crippen LogP) is 3.98. The van der Waals surface area contributed by atoms with Crippen molar-refractivity contribution in [2.45, 2.75) is 25.8 Å². The molecular formula is C19H17N3O3S. The van der Waals surface area contributed by atoms with E-state index in [0.717, 1.165) is 18.4 Å². The molecule has 1 aliphatic rings. The topological polar surface area (TPSA) is 76.3 Å². The van der Waals surface area contributed by atoms with Gasteiger partial charge in [0.25, 0.3) is 5.91 Å². The number of nitrogens with zero attached hydrogens (tertiary/aromatic N) is 3. The number of ketones is 1. The van der Waals surface area contributed by atoms with Crippen LogP contribution in [0.5, 0.6) is 0 Å². The number of thiophene rings is 1. The first-order valence-corrected chi connectivity index (χ1v) is 9.31. The molecule has 2 aromatic heterocycles. The molecule has 0 unspecified atom stereocenters. The molecule has 6 nitrogen and oxygen atoms in total. The van der Waals surface area contributed by atoms with Gasteiger partial charge in [0, 0.05) is 17.5 Å². The van der Waals surface area contributed by atoms with Gasteiger partial charge < -0.3 is 9.42 Å². The maximum absolute atomic E-state index is 12.9. The number of benzene rings is 1. The number of hydrogen-bond acceptors (Lipinski definition) is 6. The van der Waals surface area contributed by atoms with Gasteiger partial charge in [-0.25, -0.2) is 0 Å². The average Bonchev–Trinajstić information content (AvgIpc) is 3.41. The largest absolute Gasteiger partial charge is 0.337 e. The van der Waals surface area contributed by atoms with Crippen LogP contribution < -0.4 is 0 Å². The van der Waals surface area contributed by atoms with Crippen LogP contribution >= 0.6 is 11.3 Å². The molecule has 0 saturated carbocycles. The summed E-state index contributed by atoms with van der Waals surface area (Å²) >= 11 is 1.29. The lowest BCUT2D eigenvalue weighted by Crippen LogP contribution is -2.30. The van der Waals surface area contributed by atoms with Crippen LogP contribution in [0.1, 0.15) is 51.7 Å². The summed E-state index contributed by atoms with van der Waals surface area (Å²) in [5.41, 5.74) is 1.41. The second-order valence-electron chi connectivity index (χ2n) is 6.23. The number of carbonyl (C=O) groups excluding carboxylic acids is 2. The molecule has 7 heteroatoms. The van der Waals surface area contributed by atoms with E-state index >= 15 is 0 Å². The highest BCUT2D eigenvalue weighted by atomic mass is 32.1. The van der Waals surface area contributed by atoms with Gasteiger partial charge in [0.2, 0.25) is 11.7 Å². The first-order chi connectivity index (χ1) is 12.6. The lowest BCUT2D eigenvalue weighted by Gasteiger charge is -2.21. The molecule has 1 amide bonds. The van der Waals surface area contributed by atoms with Gasteiger partial charge in [0.1, 0.15) is 6.04 Å². The van der Waals surface area contributed by atoms with Crippen LogP contribution in [-0.2, 0) is 0 Å². The summed E-state index contributed by atoms with van der Waals surface area (Å²) in [5, 5.41) is 5.79. The number of carbonyl (C=O) groups is 2. The van der Waals surface area contributed by atoms with Gasteiger partial charge in [-0.3, -0.25) is 9.59 Å². The van der Waals surface area contributed by atoms with Crippen molar-refractivity contribution in [1.82, 2.24) is 15.0 Å². The molecule has 26 heavy (non-hydrogen) atoms. The first-order valence-electron chi connectivity index (χ1n) is 8.43. The number of hydrogen-bond donors (Lipinski definition) is 0. The minimum atomic E-state index is -0.229. The lowest BCUT2D eigenvalue weighted by atomic mass is 10.2. The van der Waals surface area contributed by atoms with Crippen LogP contribution in [0.4, 0.5) is 0 Å². The summed E-state index contributed by atoms with van der Waals surface area (Å²) in [6, 6.07) is 11.0. The number of amides is 1. The Balaban J connectivity index is 1.57. The molecule has 0 N–H and O–H groups in total. The predicted molar refractivity (Wildman–Crippen MR) is 97.1 cm³/mol. The fourth-order valence-corrected chi connectivity index (χ4v) is 3.92. The number of rotatable bonds is 4. The summed E-state index contributed by atoms with van der Waals surface area (Å²) in [5.74, 6) is 0.846. The summed E-state index contributed by atoms with van der Waals surface area (Å²) in [6.45, 7) is 2.14. The number of likely N-dealkylation sites (tertiary alicyclic amines) is 1. The molecule has 1 aliphatic heterocycles. The van der Waals surface area contributed by atoms with Crippen molar-refractivity contribution in [2.75, 3.05) is 6.54 Å². The summed E-state index contributed by atoms with van der Waals surface area (Å²) in [4.78, 5) is 31.2. The molecule has 0 aliphatic carbocycles. The maximum Gasteiger partial charge on any atom is 0.255 e. The van der Waals surface area contributed by atoms with E-state index in [1.807, 2.05) is 30.3 Å². The van der Waals surface area contributed by atoms with Crippen LogP contribution in [0.2, 0.25) is 0 Å². The zero-order chi connectivity index (χ0) is 18.1. The second kappa shape index (κ2) is 6.84. The molecule has 0 bridgehead atoms. The first kappa shape index (κ1) is 16.7. The summed E-state index contributed by atoms with van der Waals surface area (Å²) in [7, 11) is 0. The molecule has 132 valence electrons. The molecule has 1 atom stereocenters. The van der Waals surface area contributed by atoms with E-state index in [9.17, 15) is 9.59 Å².